The van der Waals surface area contributed by atoms with E-state index in [-0.39, 0.29) is 12.2 Å². The highest BCUT2D eigenvalue weighted by Gasteiger charge is 2.37. The molecule has 1 N–H and O–H groups in total. The highest BCUT2D eigenvalue weighted by atomic mass is 32.1. The summed E-state index contributed by atoms with van der Waals surface area (Å²) in [6, 6.07) is 56.2. The van der Waals surface area contributed by atoms with Gasteiger partial charge in [-0.1, -0.05) is 146 Å². The molecule has 1 aliphatic carbocycles. The van der Waals surface area contributed by atoms with Crippen molar-refractivity contribution in [2.45, 2.75) is 18.1 Å². The average molecular weight is 751 g/mol. The predicted octanol–water partition coefficient (Wildman–Crippen LogP) is 12.8. The van der Waals surface area contributed by atoms with Crippen molar-refractivity contribution in [2.75, 3.05) is 4.90 Å². The maximum absolute atomic E-state index is 6.65. The van der Waals surface area contributed by atoms with Crippen LogP contribution < -0.4 is 10.2 Å². The third-order valence-electron chi connectivity index (χ3n) is 11.7. The topological polar surface area (TPSA) is 53.1 Å². The maximum Gasteiger partial charge on any atom is 0.159 e. The van der Waals surface area contributed by atoms with Gasteiger partial charge in [-0.3, -0.25) is 0 Å². The number of furan rings is 1. The Balaban J connectivity index is 0.945. The zero-order valence-electron chi connectivity index (χ0n) is 30.7. The van der Waals surface area contributed by atoms with E-state index in [1.165, 1.54) is 42.6 Å². The molecule has 270 valence electrons. The molecule has 6 heteroatoms. The first kappa shape index (κ1) is 32.2. The standard InChI is InChI=1S/C51H34N4OS/c1-3-13-31(14-4-1)49-52-50(32-15-5-2-6-16-32)54-51(53-49)41-21-11-20-39-38-27-25-33(29-46(38)57-48(39)41)35-19-12-24-44-47(35)40-28-26-34(30-45(40)56-44)55-42-22-9-7-17-36(42)37-18-8-10-23-43(37)55/h1-30,36,42,51H,(H,52,53,54). The lowest BCUT2D eigenvalue weighted by molar-refractivity contribution is 0.668. The minimum atomic E-state index is -0.300. The number of fused-ring (bicyclic) bond motifs is 9. The van der Waals surface area contributed by atoms with Gasteiger partial charge in [0.05, 0.1) is 6.04 Å². The molecule has 3 unspecified atom stereocenters. The highest BCUT2D eigenvalue weighted by Crippen LogP contribution is 2.49. The monoisotopic (exact) mass is 750 g/mol. The molecule has 2 aromatic heterocycles. The van der Waals surface area contributed by atoms with Crippen LogP contribution in [0.1, 0.15) is 34.3 Å². The van der Waals surface area contributed by atoms with Crippen molar-refractivity contribution < 1.29 is 4.42 Å². The van der Waals surface area contributed by atoms with Crippen LogP contribution in [0, 0.1) is 0 Å². The van der Waals surface area contributed by atoms with Gasteiger partial charge < -0.3 is 14.6 Å². The fourth-order valence-electron chi connectivity index (χ4n) is 9.07. The Bertz CT molecular complexity index is 3190. The molecule has 3 atom stereocenters. The molecule has 0 spiro atoms. The molecule has 4 heterocycles. The van der Waals surface area contributed by atoms with Gasteiger partial charge in [0.25, 0.3) is 0 Å². The summed E-state index contributed by atoms with van der Waals surface area (Å²) in [6.45, 7) is 0. The summed E-state index contributed by atoms with van der Waals surface area (Å²) in [4.78, 5) is 12.7. The third kappa shape index (κ3) is 5.14. The minimum absolute atomic E-state index is 0.240. The summed E-state index contributed by atoms with van der Waals surface area (Å²) in [7, 11) is 0. The van der Waals surface area contributed by atoms with E-state index in [0.717, 1.165) is 56.0 Å². The zero-order chi connectivity index (χ0) is 37.5. The Morgan fingerprint density at radius 3 is 2.26 bits per heavy atom. The second kappa shape index (κ2) is 12.8. The number of para-hydroxylation sites is 1. The van der Waals surface area contributed by atoms with E-state index < -0.39 is 0 Å². The summed E-state index contributed by atoms with van der Waals surface area (Å²) >= 11 is 1.83. The molecule has 0 amide bonds. The number of rotatable bonds is 5. The van der Waals surface area contributed by atoms with Crippen LogP contribution in [-0.2, 0) is 0 Å². The molecular weight excluding hydrogens is 717 g/mol. The first-order valence-corrected chi connectivity index (χ1v) is 20.2. The molecule has 3 aliphatic rings. The molecule has 12 rings (SSSR count). The first-order chi connectivity index (χ1) is 28.2. The van der Waals surface area contributed by atoms with Crippen molar-refractivity contribution in [2.24, 2.45) is 9.98 Å². The molecule has 5 nitrogen and oxygen atoms in total. The van der Waals surface area contributed by atoms with E-state index in [9.17, 15) is 0 Å². The van der Waals surface area contributed by atoms with Crippen molar-refractivity contribution >= 4 is 76.5 Å². The van der Waals surface area contributed by atoms with Gasteiger partial charge in [0.2, 0.25) is 0 Å². The number of nitrogens with one attached hydrogen (secondary N) is 1. The summed E-state index contributed by atoms with van der Waals surface area (Å²) in [6.07, 6.45) is 8.67. The number of allylic oxidation sites excluding steroid dienone is 2. The van der Waals surface area contributed by atoms with Gasteiger partial charge in [-0.15, -0.1) is 11.3 Å². The summed E-state index contributed by atoms with van der Waals surface area (Å²) in [5.74, 6) is 1.88. The van der Waals surface area contributed by atoms with Crippen LogP contribution in [0.15, 0.2) is 196 Å². The number of aliphatic imine (C=N–C) groups is 2. The van der Waals surface area contributed by atoms with E-state index in [2.05, 4.69) is 156 Å². The first-order valence-electron chi connectivity index (χ1n) is 19.4. The molecule has 0 fully saturated rings. The van der Waals surface area contributed by atoms with E-state index in [1.54, 1.807) is 0 Å². The average Bonchev–Trinajstić information content (AvgIpc) is 3.96. The summed E-state index contributed by atoms with van der Waals surface area (Å²) < 4.78 is 9.11. The van der Waals surface area contributed by atoms with Crippen molar-refractivity contribution in [1.82, 2.24) is 5.32 Å². The normalized spacial score (nSPS) is 18.5. The van der Waals surface area contributed by atoms with Gasteiger partial charge in [0.15, 0.2) is 5.84 Å². The second-order valence-electron chi connectivity index (χ2n) is 14.9. The lowest BCUT2D eigenvalue weighted by Gasteiger charge is -2.28. The number of benzene rings is 7. The van der Waals surface area contributed by atoms with Crippen molar-refractivity contribution in [1.29, 1.82) is 0 Å². The Morgan fingerprint density at radius 2 is 1.37 bits per heavy atom. The lowest BCUT2D eigenvalue weighted by atomic mass is 9.91. The molecule has 0 radical (unpaired) electrons. The van der Waals surface area contributed by atoms with Crippen molar-refractivity contribution in [3.63, 3.8) is 0 Å². The largest absolute Gasteiger partial charge is 0.456 e. The van der Waals surface area contributed by atoms with E-state index >= 15 is 0 Å². The highest BCUT2D eigenvalue weighted by molar-refractivity contribution is 7.26. The molecule has 0 bridgehead atoms. The quantitative estimate of drug-likeness (QED) is 0.191. The predicted molar refractivity (Wildman–Crippen MR) is 237 cm³/mol. The van der Waals surface area contributed by atoms with Crippen LogP contribution in [-0.4, -0.2) is 17.7 Å². The number of anilines is 2. The van der Waals surface area contributed by atoms with Crippen LogP contribution in [0.25, 0.3) is 53.2 Å². The molecule has 2 aliphatic heterocycles. The Hall–Kier alpha value is -7.02. The summed E-state index contributed by atoms with van der Waals surface area (Å²) in [5, 5.41) is 8.42. The Labute approximate surface area is 333 Å². The van der Waals surface area contributed by atoms with Gasteiger partial charge in [0.1, 0.15) is 23.2 Å². The number of nitrogens with zero attached hydrogens (tertiary/aromatic N) is 3. The van der Waals surface area contributed by atoms with Gasteiger partial charge in [0, 0.05) is 71.0 Å². The van der Waals surface area contributed by atoms with Crippen LogP contribution in [0.2, 0.25) is 0 Å². The van der Waals surface area contributed by atoms with Crippen molar-refractivity contribution in [3.05, 3.63) is 204 Å². The van der Waals surface area contributed by atoms with Crippen LogP contribution >= 0.6 is 11.3 Å². The van der Waals surface area contributed by atoms with Crippen LogP contribution in [0.4, 0.5) is 11.4 Å². The number of hydrogen-bond donors (Lipinski definition) is 1. The maximum atomic E-state index is 6.65. The van der Waals surface area contributed by atoms with Gasteiger partial charge >= 0.3 is 0 Å². The van der Waals surface area contributed by atoms with E-state index in [0.29, 0.717) is 5.92 Å². The fraction of sp³-hybridized carbons (Fsp3) is 0.0588. The zero-order valence-corrected chi connectivity index (χ0v) is 31.5. The number of hydrogen-bond acceptors (Lipinski definition) is 6. The molecule has 9 aromatic rings. The molecule has 0 saturated heterocycles. The molecule has 7 aromatic carbocycles. The Morgan fingerprint density at radius 1 is 0.596 bits per heavy atom. The third-order valence-corrected chi connectivity index (χ3v) is 12.9. The lowest BCUT2D eigenvalue weighted by Crippen LogP contribution is -2.33. The van der Waals surface area contributed by atoms with Gasteiger partial charge in [-0.2, -0.15) is 0 Å². The second-order valence-corrected chi connectivity index (χ2v) is 16.0. The van der Waals surface area contributed by atoms with E-state index in [1.807, 2.05) is 47.7 Å². The fourth-order valence-corrected chi connectivity index (χ4v) is 10.3. The minimum Gasteiger partial charge on any atom is -0.456 e. The van der Waals surface area contributed by atoms with E-state index in [4.69, 9.17) is 14.4 Å². The number of amidine groups is 2. The van der Waals surface area contributed by atoms with Crippen molar-refractivity contribution in [3.8, 4) is 11.1 Å². The summed E-state index contributed by atoms with van der Waals surface area (Å²) in [5.41, 5.74) is 11.1. The van der Waals surface area contributed by atoms with Gasteiger partial charge in [-0.05, 0) is 47.0 Å². The van der Waals surface area contributed by atoms with Crippen LogP contribution in [0.3, 0.4) is 0 Å². The smallest absolute Gasteiger partial charge is 0.159 e. The van der Waals surface area contributed by atoms with Crippen LogP contribution in [0.5, 0.6) is 0 Å². The molecule has 57 heavy (non-hydrogen) atoms. The molecular formula is C51H34N4OS. The SMILES string of the molecule is C1=CC2c3ccccc3N(c3ccc4c(c3)oc3cccc(-c5ccc6c(c5)sc5c(C7N=C(c8ccccc8)N=C(c8ccccc8)N7)cccc56)c34)C2C=C1. The van der Waals surface area contributed by atoms with Gasteiger partial charge in [-0.25, -0.2) is 9.98 Å². The number of thiophene rings is 1. The Kier molecular flexibility index (Phi) is 7.22. The molecule has 0 saturated carbocycles.